The third-order valence-corrected chi connectivity index (χ3v) is 4.98. The summed E-state index contributed by atoms with van der Waals surface area (Å²) in [6.45, 7) is 2.44. The Morgan fingerprint density at radius 3 is 1.74 bits per heavy atom. The van der Waals surface area contributed by atoms with Crippen LogP contribution in [0.1, 0.15) is 95.1 Å². The fourth-order valence-electron chi connectivity index (χ4n) is 3.08. The third-order valence-electron chi connectivity index (χ3n) is 4.98. The Labute approximate surface area is 183 Å². The van der Waals surface area contributed by atoms with E-state index in [2.05, 4.69) is 6.92 Å². The van der Waals surface area contributed by atoms with Gasteiger partial charge in [-0.3, -0.25) is 9.59 Å². The molecule has 0 atom stereocenters. The summed E-state index contributed by atoms with van der Waals surface area (Å²) in [7, 11) is 0. The molecule has 0 radical (unpaired) electrons. The first-order valence-corrected chi connectivity index (χ1v) is 11.3. The highest BCUT2D eigenvalue weighted by atomic mass is 19.4. The van der Waals surface area contributed by atoms with E-state index in [0.717, 1.165) is 31.4 Å². The van der Waals surface area contributed by atoms with Gasteiger partial charge in [0.1, 0.15) is 6.61 Å². The predicted octanol–water partition coefficient (Wildman–Crippen LogP) is 6.99. The van der Waals surface area contributed by atoms with Crippen molar-refractivity contribution in [3.05, 3.63) is 35.4 Å². The van der Waals surface area contributed by atoms with Gasteiger partial charge < -0.3 is 9.47 Å². The summed E-state index contributed by atoms with van der Waals surface area (Å²) in [6.07, 6.45) is 7.41. The van der Waals surface area contributed by atoms with Crippen molar-refractivity contribution in [2.75, 3.05) is 6.61 Å². The second-order valence-corrected chi connectivity index (χ2v) is 7.76. The molecule has 1 rings (SSSR count). The maximum atomic E-state index is 12.5. The number of unbranched alkanes of at least 4 members (excludes halogenated alkanes) is 9. The molecule has 0 aliphatic heterocycles. The van der Waals surface area contributed by atoms with Gasteiger partial charge in [0.2, 0.25) is 0 Å². The van der Waals surface area contributed by atoms with E-state index in [1.54, 1.807) is 0 Å². The highest BCUT2D eigenvalue weighted by molar-refractivity contribution is 5.77. The lowest BCUT2D eigenvalue weighted by atomic mass is 10.1. The number of benzene rings is 1. The number of rotatable bonds is 16. The highest BCUT2D eigenvalue weighted by Gasteiger charge is 2.29. The van der Waals surface area contributed by atoms with Gasteiger partial charge in [-0.2, -0.15) is 13.2 Å². The fraction of sp³-hybridized carbons (Fsp3) is 0.667. The van der Waals surface area contributed by atoms with Crippen LogP contribution in [0.3, 0.4) is 0 Å². The molecule has 7 heteroatoms. The average Bonchev–Trinajstić information content (AvgIpc) is 2.74. The number of hydrogen-bond donors (Lipinski definition) is 0. The van der Waals surface area contributed by atoms with Crippen molar-refractivity contribution in [2.45, 2.75) is 96.8 Å². The molecule has 0 aromatic heterocycles. The molecule has 31 heavy (non-hydrogen) atoms. The van der Waals surface area contributed by atoms with Crippen LogP contribution < -0.4 is 0 Å². The number of carbonyl (C=O) groups is 2. The molecule has 0 spiro atoms. The van der Waals surface area contributed by atoms with E-state index < -0.39 is 23.7 Å². The van der Waals surface area contributed by atoms with Crippen molar-refractivity contribution >= 4 is 11.9 Å². The zero-order valence-electron chi connectivity index (χ0n) is 18.5. The van der Waals surface area contributed by atoms with Crippen LogP contribution in [0, 0.1) is 0 Å². The molecular weight excluding hydrogens is 409 g/mol. The van der Waals surface area contributed by atoms with Gasteiger partial charge >= 0.3 is 18.1 Å². The van der Waals surface area contributed by atoms with E-state index in [1.165, 1.54) is 57.1 Å². The summed E-state index contributed by atoms with van der Waals surface area (Å²) in [5.41, 5.74) is -0.308. The van der Waals surface area contributed by atoms with Crippen LogP contribution >= 0.6 is 0 Å². The molecule has 1 aromatic rings. The van der Waals surface area contributed by atoms with Gasteiger partial charge in [-0.05, 0) is 24.1 Å². The first-order chi connectivity index (χ1) is 14.8. The topological polar surface area (TPSA) is 52.6 Å². The van der Waals surface area contributed by atoms with Gasteiger partial charge in [0.25, 0.3) is 0 Å². The lowest BCUT2D eigenvalue weighted by molar-refractivity contribution is -0.151. The van der Waals surface area contributed by atoms with Crippen molar-refractivity contribution in [1.29, 1.82) is 0 Å². The van der Waals surface area contributed by atoms with Crippen LogP contribution in [0.5, 0.6) is 0 Å². The molecule has 0 aliphatic carbocycles. The van der Waals surface area contributed by atoms with Crippen LogP contribution in [0.2, 0.25) is 0 Å². The number of ether oxygens (including phenoxy) is 2. The summed E-state index contributed by atoms with van der Waals surface area (Å²) < 4.78 is 47.6. The second kappa shape index (κ2) is 15.7. The first-order valence-electron chi connectivity index (χ1n) is 11.3. The zero-order valence-corrected chi connectivity index (χ0v) is 18.5. The van der Waals surface area contributed by atoms with Gasteiger partial charge in [-0.15, -0.1) is 0 Å². The van der Waals surface area contributed by atoms with Gasteiger partial charge in [0, 0.05) is 0 Å². The maximum absolute atomic E-state index is 12.5. The monoisotopic (exact) mass is 444 g/mol. The minimum Gasteiger partial charge on any atom is -0.466 e. The molecular formula is C24H35F3O4. The lowest BCUT2D eigenvalue weighted by Crippen LogP contribution is -2.11. The van der Waals surface area contributed by atoms with Crippen molar-refractivity contribution in [2.24, 2.45) is 0 Å². The van der Waals surface area contributed by atoms with Crippen LogP contribution in [-0.4, -0.2) is 18.5 Å². The van der Waals surface area contributed by atoms with Gasteiger partial charge in [0.05, 0.1) is 25.0 Å². The Bertz CT molecular complexity index is 627. The fourth-order valence-corrected chi connectivity index (χ4v) is 3.08. The Hall–Kier alpha value is -2.05. The third kappa shape index (κ3) is 13.8. The maximum Gasteiger partial charge on any atom is 0.416 e. The number of carbonyl (C=O) groups excluding carboxylic acids is 2. The predicted molar refractivity (Wildman–Crippen MR) is 113 cm³/mol. The summed E-state index contributed by atoms with van der Waals surface area (Å²) in [5.74, 6) is -1.03. The molecule has 0 saturated carbocycles. The smallest absolute Gasteiger partial charge is 0.416 e. The summed E-state index contributed by atoms with van der Waals surface area (Å²) in [5, 5.41) is 0. The highest BCUT2D eigenvalue weighted by Crippen LogP contribution is 2.29. The van der Waals surface area contributed by atoms with E-state index in [1.807, 2.05) is 0 Å². The quantitative estimate of drug-likeness (QED) is 0.204. The van der Waals surface area contributed by atoms with Gasteiger partial charge in [0.15, 0.2) is 0 Å². The van der Waals surface area contributed by atoms with E-state index in [-0.39, 0.29) is 19.4 Å². The minimum absolute atomic E-state index is 0.0659. The number of halogens is 3. The van der Waals surface area contributed by atoms with E-state index in [9.17, 15) is 22.8 Å². The molecule has 0 N–H and O–H groups in total. The zero-order chi connectivity index (χ0) is 23.0. The molecule has 1 aromatic carbocycles. The number of alkyl halides is 3. The van der Waals surface area contributed by atoms with E-state index in [0.29, 0.717) is 12.2 Å². The normalized spacial score (nSPS) is 11.4. The van der Waals surface area contributed by atoms with Crippen LogP contribution in [0.4, 0.5) is 13.2 Å². The van der Waals surface area contributed by atoms with E-state index >= 15 is 0 Å². The molecule has 176 valence electrons. The molecule has 0 bridgehead atoms. The largest absolute Gasteiger partial charge is 0.466 e. The number of hydrogen-bond acceptors (Lipinski definition) is 4. The van der Waals surface area contributed by atoms with Gasteiger partial charge in [-0.25, -0.2) is 0 Å². The summed E-state index contributed by atoms with van der Waals surface area (Å²) in [6, 6.07) is 4.40. The summed E-state index contributed by atoms with van der Waals surface area (Å²) in [4.78, 5) is 23.4. The van der Waals surface area contributed by atoms with Crippen LogP contribution in [-0.2, 0) is 31.8 Å². The van der Waals surface area contributed by atoms with Crippen LogP contribution in [0.25, 0.3) is 0 Å². The average molecular weight is 445 g/mol. The molecule has 0 unspecified atom stereocenters. The molecule has 0 heterocycles. The van der Waals surface area contributed by atoms with Gasteiger partial charge in [-0.1, -0.05) is 76.8 Å². The Balaban J connectivity index is 2.01. The van der Waals surface area contributed by atoms with E-state index in [4.69, 9.17) is 9.47 Å². The molecule has 0 amide bonds. The number of esters is 2. The lowest BCUT2D eigenvalue weighted by Gasteiger charge is -2.08. The molecule has 0 saturated heterocycles. The standard InChI is InChI=1S/C24H35F3O4/c1-2-3-4-5-6-7-8-9-10-11-18-30-22(28)16-17-23(29)31-19-20-12-14-21(15-13-20)24(25,26)27/h12-15H,2-11,16-19H2,1H3. The Morgan fingerprint density at radius 2 is 1.23 bits per heavy atom. The second-order valence-electron chi connectivity index (χ2n) is 7.76. The van der Waals surface area contributed by atoms with Crippen molar-refractivity contribution in [1.82, 2.24) is 0 Å². The minimum atomic E-state index is -4.40. The molecule has 0 fully saturated rings. The van der Waals surface area contributed by atoms with Crippen molar-refractivity contribution < 1.29 is 32.2 Å². The van der Waals surface area contributed by atoms with Crippen LogP contribution in [0.15, 0.2) is 24.3 Å². The Morgan fingerprint density at radius 1 is 0.742 bits per heavy atom. The summed E-state index contributed by atoms with van der Waals surface area (Å²) >= 11 is 0. The Kier molecular flexibility index (Phi) is 13.7. The first kappa shape index (κ1) is 27.0. The molecule has 0 aliphatic rings. The SMILES string of the molecule is CCCCCCCCCCCCOC(=O)CCC(=O)OCc1ccc(C(F)(F)F)cc1. The molecule has 4 nitrogen and oxygen atoms in total. The van der Waals surface area contributed by atoms with Crippen molar-refractivity contribution in [3.8, 4) is 0 Å². The van der Waals surface area contributed by atoms with Crippen molar-refractivity contribution in [3.63, 3.8) is 0 Å².